The Morgan fingerprint density at radius 1 is 1.19 bits per heavy atom. The highest BCUT2D eigenvalue weighted by molar-refractivity contribution is 5.61. The van der Waals surface area contributed by atoms with Gasteiger partial charge in [-0.05, 0) is 26.3 Å². The van der Waals surface area contributed by atoms with Crippen molar-refractivity contribution in [3.63, 3.8) is 0 Å². The highest BCUT2D eigenvalue weighted by Gasteiger charge is 2.11. The number of aromatic hydroxyl groups is 1. The molecule has 1 aromatic carbocycles. The summed E-state index contributed by atoms with van der Waals surface area (Å²) in [5, 5.41) is 13.5. The molecule has 0 spiro atoms. The summed E-state index contributed by atoms with van der Waals surface area (Å²) in [6.45, 7) is 6.15. The quantitative estimate of drug-likeness (QED) is 0.837. The van der Waals surface area contributed by atoms with Gasteiger partial charge in [-0.3, -0.25) is 4.68 Å². The predicted molar refractivity (Wildman–Crippen MR) is 64.4 cm³/mol. The van der Waals surface area contributed by atoms with Crippen molar-refractivity contribution in [3.8, 4) is 17.1 Å². The largest absolute Gasteiger partial charge is 0.492 e. The van der Waals surface area contributed by atoms with Crippen LogP contribution < -0.4 is 0 Å². The van der Waals surface area contributed by atoms with E-state index in [1.165, 1.54) is 5.56 Å². The van der Waals surface area contributed by atoms with Gasteiger partial charge in [-0.15, -0.1) is 5.10 Å². The average Bonchev–Trinajstić information content (AvgIpc) is 2.61. The highest BCUT2D eigenvalue weighted by Crippen LogP contribution is 2.26. The van der Waals surface area contributed by atoms with Gasteiger partial charge in [0, 0.05) is 12.1 Å². The molecular formula is C13H16N2O. The number of nitrogens with zero attached hydrogens (tertiary/aromatic N) is 2. The summed E-state index contributed by atoms with van der Waals surface area (Å²) in [4.78, 5) is 0. The SMILES string of the molecule is Cc1ccc(-c2cc(O)nn2C(C)C)cc1. The summed E-state index contributed by atoms with van der Waals surface area (Å²) < 4.78 is 1.83. The Hall–Kier alpha value is -1.77. The minimum Gasteiger partial charge on any atom is -0.492 e. The summed E-state index contributed by atoms with van der Waals surface area (Å²) >= 11 is 0. The van der Waals surface area contributed by atoms with Gasteiger partial charge in [0.25, 0.3) is 0 Å². The summed E-state index contributed by atoms with van der Waals surface area (Å²) in [7, 11) is 0. The predicted octanol–water partition coefficient (Wildman–Crippen LogP) is 3.15. The molecule has 0 saturated carbocycles. The van der Waals surface area contributed by atoms with Crippen molar-refractivity contribution in [2.24, 2.45) is 0 Å². The maximum Gasteiger partial charge on any atom is 0.230 e. The zero-order valence-electron chi connectivity index (χ0n) is 9.81. The molecule has 0 amide bonds. The average molecular weight is 216 g/mol. The number of rotatable bonds is 2. The van der Waals surface area contributed by atoms with E-state index in [0.717, 1.165) is 11.3 Å². The van der Waals surface area contributed by atoms with Crippen LogP contribution in [0.1, 0.15) is 25.5 Å². The first-order chi connectivity index (χ1) is 7.58. The highest BCUT2D eigenvalue weighted by atomic mass is 16.3. The van der Waals surface area contributed by atoms with Gasteiger partial charge in [0.2, 0.25) is 5.88 Å². The summed E-state index contributed by atoms with van der Waals surface area (Å²) in [5.74, 6) is 0.0734. The van der Waals surface area contributed by atoms with E-state index in [9.17, 15) is 5.11 Å². The minimum absolute atomic E-state index is 0.0734. The Kier molecular flexibility index (Phi) is 2.69. The zero-order valence-corrected chi connectivity index (χ0v) is 9.81. The lowest BCUT2D eigenvalue weighted by atomic mass is 10.1. The Labute approximate surface area is 95.3 Å². The second-order valence-electron chi connectivity index (χ2n) is 4.29. The van der Waals surface area contributed by atoms with Crippen molar-refractivity contribution >= 4 is 0 Å². The molecule has 2 rings (SSSR count). The van der Waals surface area contributed by atoms with Gasteiger partial charge in [0.15, 0.2) is 0 Å². The Morgan fingerprint density at radius 2 is 1.81 bits per heavy atom. The van der Waals surface area contributed by atoms with Crippen LogP contribution in [0.2, 0.25) is 0 Å². The molecule has 0 aliphatic rings. The van der Waals surface area contributed by atoms with Crippen LogP contribution in [0.5, 0.6) is 5.88 Å². The fourth-order valence-corrected chi connectivity index (χ4v) is 1.72. The van der Waals surface area contributed by atoms with E-state index in [1.807, 2.05) is 30.7 Å². The van der Waals surface area contributed by atoms with E-state index in [2.05, 4.69) is 24.2 Å². The Morgan fingerprint density at radius 3 is 2.38 bits per heavy atom. The van der Waals surface area contributed by atoms with E-state index in [-0.39, 0.29) is 11.9 Å². The van der Waals surface area contributed by atoms with Crippen LogP contribution in [0, 0.1) is 6.92 Å². The third kappa shape index (κ3) is 1.94. The third-order valence-corrected chi connectivity index (χ3v) is 2.56. The molecule has 1 N–H and O–H groups in total. The number of aryl methyl sites for hydroxylation is 1. The van der Waals surface area contributed by atoms with Crippen LogP contribution in [0.4, 0.5) is 0 Å². The molecule has 0 unspecified atom stereocenters. The number of benzene rings is 1. The number of aromatic nitrogens is 2. The van der Waals surface area contributed by atoms with Crippen LogP contribution >= 0.6 is 0 Å². The normalized spacial score (nSPS) is 11.0. The second-order valence-corrected chi connectivity index (χ2v) is 4.29. The molecular weight excluding hydrogens is 200 g/mol. The van der Waals surface area contributed by atoms with Gasteiger partial charge < -0.3 is 5.11 Å². The van der Waals surface area contributed by atoms with Gasteiger partial charge in [0.05, 0.1) is 5.69 Å². The van der Waals surface area contributed by atoms with Gasteiger partial charge >= 0.3 is 0 Å². The van der Waals surface area contributed by atoms with Gasteiger partial charge in [-0.2, -0.15) is 0 Å². The first-order valence-electron chi connectivity index (χ1n) is 5.43. The molecule has 1 heterocycles. The van der Waals surface area contributed by atoms with Crippen molar-refractivity contribution in [2.45, 2.75) is 26.8 Å². The molecule has 2 aromatic rings. The summed E-state index contributed by atoms with van der Waals surface area (Å²) in [6.07, 6.45) is 0. The van der Waals surface area contributed by atoms with E-state index in [4.69, 9.17) is 0 Å². The molecule has 84 valence electrons. The molecule has 16 heavy (non-hydrogen) atoms. The van der Waals surface area contributed by atoms with E-state index in [0.29, 0.717) is 0 Å². The zero-order chi connectivity index (χ0) is 11.7. The Bertz CT molecular complexity index is 483. The van der Waals surface area contributed by atoms with Gasteiger partial charge in [0.1, 0.15) is 0 Å². The van der Waals surface area contributed by atoms with Gasteiger partial charge in [-0.25, -0.2) is 0 Å². The van der Waals surface area contributed by atoms with Crippen LogP contribution in [-0.4, -0.2) is 14.9 Å². The molecule has 0 radical (unpaired) electrons. The second kappa shape index (κ2) is 4.00. The van der Waals surface area contributed by atoms with Crippen molar-refractivity contribution < 1.29 is 5.11 Å². The molecule has 0 fully saturated rings. The standard InChI is InChI=1S/C13H16N2O/c1-9(2)15-12(8-13(16)14-15)11-6-4-10(3)5-7-11/h4-9H,1-3H3,(H,14,16). The lowest BCUT2D eigenvalue weighted by Gasteiger charge is -2.10. The maximum atomic E-state index is 9.47. The molecule has 1 aromatic heterocycles. The van der Waals surface area contributed by atoms with Crippen molar-refractivity contribution in [1.82, 2.24) is 9.78 Å². The van der Waals surface area contributed by atoms with Crippen molar-refractivity contribution in [2.75, 3.05) is 0 Å². The lowest BCUT2D eigenvalue weighted by Crippen LogP contribution is -2.04. The molecule has 0 atom stereocenters. The van der Waals surface area contributed by atoms with Crippen molar-refractivity contribution in [3.05, 3.63) is 35.9 Å². The van der Waals surface area contributed by atoms with Crippen LogP contribution in [0.15, 0.2) is 30.3 Å². The minimum atomic E-state index is 0.0734. The summed E-state index contributed by atoms with van der Waals surface area (Å²) in [6, 6.07) is 10.1. The lowest BCUT2D eigenvalue weighted by molar-refractivity contribution is 0.427. The van der Waals surface area contributed by atoms with Crippen LogP contribution in [0.25, 0.3) is 11.3 Å². The van der Waals surface area contributed by atoms with E-state index < -0.39 is 0 Å². The van der Waals surface area contributed by atoms with Crippen molar-refractivity contribution in [1.29, 1.82) is 0 Å². The monoisotopic (exact) mass is 216 g/mol. The number of hydrogen-bond donors (Lipinski definition) is 1. The molecule has 3 heteroatoms. The molecule has 0 bridgehead atoms. The fourth-order valence-electron chi connectivity index (χ4n) is 1.72. The maximum absolute atomic E-state index is 9.47. The van der Waals surface area contributed by atoms with Gasteiger partial charge in [-0.1, -0.05) is 29.8 Å². The fraction of sp³-hybridized carbons (Fsp3) is 0.308. The topological polar surface area (TPSA) is 38.1 Å². The molecule has 0 saturated heterocycles. The molecule has 0 aliphatic heterocycles. The van der Waals surface area contributed by atoms with Crippen LogP contribution in [-0.2, 0) is 0 Å². The molecule has 3 nitrogen and oxygen atoms in total. The third-order valence-electron chi connectivity index (χ3n) is 2.56. The first kappa shape index (κ1) is 10.7. The van der Waals surface area contributed by atoms with E-state index >= 15 is 0 Å². The van der Waals surface area contributed by atoms with E-state index in [1.54, 1.807) is 6.07 Å². The smallest absolute Gasteiger partial charge is 0.230 e. The van der Waals surface area contributed by atoms with Crippen LogP contribution in [0.3, 0.4) is 0 Å². The number of hydrogen-bond acceptors (Lipinski definition) is 2. The Balaban J connectivity index is 2.50. The first-order valence-corrected chi connectivity index (χ1v) is 5.43. The summed E-state index contributed by atoms with van der Waals surface area (Å²) in [5.41, 5.74) is 3.25. The molecule has 0 aliphatic carbocycles.